The van der Waals surface area contributed by atoms with Gasteiger partial charge in [-0.05, 0) is 24.3 Å². The number of rotatable bonds is 4. The van der Waals surface area contributed by atoms with E-state index in [2.05, 4.69) is 11.1 Å². The second kappa shape index (κ2) is 6.22. The van der Waals surface area contributed by atoms with Crippen LogP contribution in [0.4, 0.5) is 5.69 Å². The number of fused-ring (bicyclic) bond motifs is 1. The summed E-state index contributed by atoms with van der Waals surface area (Å²) in [5.74, 6) is 1.38. The summed E-state index contributed by atoms with van der Waals surface area (Å²) in [6.45, 7) is 0. The summed E-state index contributed by atoms with van der Waals surface area (Å²) >= 11 is 0. The summed E-state index contributed by atoms with van der Waals surface area (Å²) in [7, 11) is 1.49. The van der Waals surface area contributed by atoms with Crippen LogP contribution in [0.25, 0.3) is 10.9 Å². The van der Waals surface area contributed by atoms with Crippen LogP contribution in [0.2, 0.25) is 0 Å². The van der Waals surface area contributed by atoms with Gasteiger partial charge < -0.3 is 9.47 Å². The van der Waals surface area contributed by atoms with Gasteiger partial charge in [0.2, 0.25) is 0 Å². The lowest BCUT2D eigenvalue weighted by Gasteiger charge is -2.10. The normalized spacial score (nSPS) is 10.2. The Labute approximate surface area is 136 Å². The summed E-state index contributed by atoms with van der Waals surface area (Å²) < 4.78 is 11.0. The third-order valence-electron chi connectivity index (χ3n) is 3.42. The second-order valence-electron chi connectivity index (χ2n) is 4.84. The lowest BCUT2D eigenvalue weighted by atomic mass is 10.1. The van der Waals surface area contributed by atoms with E-state index in [4.69, 9.17) is 9.47 Å². The van der Waals surface area contributed by atoms with E-state index in [0.29, 0.717) is 33.7 Å². The smallest absolute Gasteiger partial charge is 0.269 e. The highest BCUT2D eigenvalue weighted by Gasteiger charge is 2.11. The average Bonchev–Trinajstić information content (AvgIpc) is 2.61. The number of benzene rings is 2. The van der Waals surface area contributed by atoms with Crippen LogP contribution in [0.15, 0.2) is 48.7 Å². The molecule has 0 aliphatic heterocycles. The number of methoxy groups -OCH3 is 1. The number of nitro groups is 1. The Hall–Kier alpha value is -3.66. The number of aromatic nitrogens is 1. The van der Waals surface area contributed by atoms with E-state index in [9.17, 15) is 15.4 Å². The SMILES string of the molecule is COc1cc2nccc(Oc3ccc([N+](=O)[O-])cc3)c2cc1C#N. The van der Waals surface area contributed by atoms with Gasteiger partial charge >= 0.3 is 0 Å². The summed E-state index contributed by atoms with van der Waals surface area (Å²) in [5, 5.41) is 20.6. The minimum absolute atomic E-state index is 0.0153. The maximum Gasteiger partial charge on any atom is 0.269 e. The second-order valence-corrected chi connectivity index (χ2v) is 4.84. The van der Waals surface area contributed by atoms with Gasteiger partial charge in [0.05, 0.1) is 23.1 Å². The minimum Gasteiger partial charge on any atom is -0.495 e. The summed E-state index contributed by atoms with van der Waals surface area (Å²) in [4.78, 5) is 14.5. The maximum atomic E-state index is 10.7. The van der Waals surface area contributed by atoms with Crippen molar-refractivity contribution in [1.29, 1.82) is 5.26 Å². The Morgan fingerprint density at radius 1 is 1.17 bits per heavy atom. The highest BCUT2D eigenvalue weighted by atomic mass is 16.6. The number of ether oxygens (including phenoxy) is 2. The van der Waals surface area contributed by atoms with E-state index >= 15 is 0 Å². The fourth-order valence-corrected chi connectivity index (χ4v) is 2.26. The zero-order valence-corrected chi connectivity index (χ0v) is 12.6. The highest BCUT2D eigenvalue weighted by molar-refractivity contribution is 5.88. The van der Waals surface area contributed by atoms with E-state index in [1.807, 2.05) is 0 Å². The van der Waals surface area contributed by atoms with Gasteiger partial charge in [-0.1, -0.05) is 0 Å². The fraction of sp³-hybridized carbons (Fsp3) is 0.0588. The molecule has 0 fully saturated rings. The molecule has 1 heterocycles. The Morgan fingerprint density at radius 3 is 2.54 bits per heavy atom. The lowest BCUT2D eigenvalue weighted by molar-refractivity contribution is -0.384. The first kappa shape index (κ1) is 15.2. The molecule has 0 unspecified atom stereocenters. The fourth-order valence-electron chi connectivity index (χ4n) is 2.26. The van der Waals surface area contributed by atoms with Crippen LogP contribution in [-0.2, 0) is 0 Å². The summed E-state index contributed by atoms with van der Waals surface area (Å²) in [6, 6.07) is 12.8. The van der Waals surface area contributed by atoms with Crippen LogP contribution in [-0.4, -0.2) is 17.0 Å². The van der Waals surface area contributed by atoms with Crippen molar-refractivity contribution < 1.29 is 14.4 Å². The molecule has 0 aliphatic rings. The Kier molecular flexibility index (Phi) is 3.95. The number of pyridine rings is 1. The van der Waals surface area contributed by atoms with Gasteiger partial charge in [0, 0.05) is 29.8 Å². The van der Waals surface area contributed by atoms with Gasteiger partial charge in [-0.2, -0.15) is 5.26 Å². The van der Waals surface area contributed by atoms with Crippen LogP contribution in [0.3, 0.4) is 0 Å². The standard InChI is InChI=1S/C17H11N3O4/c1-23-17-9-15-14(8-11(17)10-18)16(6-7-19-15)24-13-4-2-12(3-5-13)20(21)22/h2-9H,1H3. The van der Waals surface area contributed by atoms with Crippen molar-refractivity contribution in [3.63, 3.8) is 0 Å². The first-order valence-corrected chi connectivity index (χ1v) is 6.91. The third-order valence-corrected chi connectivity index (χ3v) is 3.42. The molecule has 3 aromatic rings. The predicted molar refractivity (Wildman–Crippen MR) is 86.2 cm³/mol. The molecule has 2 aromatic carbocycles. The molecule has 0 spiro atoms. The topological polar surface area (TPSA) is 98.3 Å². The molecule has 0 bridgehead atoms. The monoisotopic (exact) mass is 321 g/mol. The van der Waals surface area contributed by atoms with Crippen molar-refractivity contribution in [3.8, 4) is 23.3 Å². The zero-order valence-electron chi connectivity index (χ0n) is 12.6. The molecule has 24 heavy (non-hydrogen) atoms. The Morgan fingerprint density at radius 2 is 1.92 bits per heavy atom. The molecular weight excluding hydrogens is 310 g/mol. The molecule has 3 rings (SSSR count). The number of nitro benzene ring substituents is 1. The van der Waals surface area contributed by atoms with Crippen LogP contribution in [0.1, 0.15) is 5.56 Å². The molecule has 0 N–H and O–H groups in total. The van der Waals surface area contributed by atoms with Gasteiger partial charge in [-0.3, -0.25) is 15.1 Å². The molecule has 0 aliphatic carbocycles. The van der Waals surface area contributed by atoms with Crippen molar-refractivity contribution >= 4 is 16.6 Å². The van der Waals surface area contributed by atoms with Crippen molar-refractivity contribution in [2.45, 2.75) is 0 Å². The lowest BCUT2D eigenvalue weighted by Crippen LogP contribution is -1.92. The molecule has 7 heteroatoms. The first-order valence-electron chi connectivity index (χ1n) is 6.91. The molecule has 1 aromatic heterocycles. The van der Waals surface area contributed by atoms with E-state index < -0.39 is 4.92 Å². The van der Waals surface area contributed by atoms with Gasteiger partial charge in [0.25, 0.3) is 5.69 Å². The van der Waals surface area contributed by atoms with Crippen LogP contribution in [0, 0.1) is 21.4 Å². The molecule has 0 saturated heterocycles. The largest absolute Gasteiger partial charge is 0.495 e. The number of nitriles is 1. The van der Waals surface area contributed by atoms with E-state index in [1.54, 1.807) is 24.4 Å². The van der Waals surface area contributed by atoms with E-state index in [-0.39, 0.29) is 5.69 Å². The first-order chi connectivity index (χ1) is 11.6. The van der Waals surface area contributed by atoms with Crippen LogP contribution < -0.4 is 9.47 Å². The van der Waals surface area contributed by atoms with Crippen molar-refractivity contribution in [2.24, 2.45) is 0 Å². The summed E-state index contributed by atoms with van der Waals surface area (Å²) in [5.41, 5.74) is 0.968. The molecule has 0 saturated carbocycles. The van der Waals surface area contributed by atoms with Crippen LogP contribution >= 0.6 is 0 Å². The third kappa shape index (κ3) is 2.80. The van der Waals surface area contributed by atoms with Gasteiger partial charge in [0.1, 0.15) is 23.3 Å². The van der Waals surface area contributed by atoms with Gasteiger partial charge in [-0.15, -0.1) is 0 Å². The average molecular weight is 321 g/mol. The molecule has 0 atom stereocenters. The number of non-ortho nitro benzene ring substituents is 1. The maximum absolute atomic E-state index is 10.7. The molecular formula is C17H11N3O4. The van der Waals surface area contributed by atoms with Gasteiger partial charge in [-0.25, -0.2) is 0 Å². The highest BCUT2D eigenvalue weighted by Crippen LogP contribution is 2.33. The van der Waals surface area contributed by atoms with Crippen molar-refractivity contribution in [2.75, 3.05) is 7.11 Å². The Bertz CT molecular complexity index is 962. The molecule has 118 valence electrons. The number of hydrogen-bond acceptors (Lipinski definition) is 6. The molecule has 0 amide bonds. The van der Waals surface area contributed by atoms with E-state index in [0.717, 1.165) is 0 Å². The van der Waals surface area contributed by atoms with Crippen molar-refractivity contribution in [1.82, 2.24) is 4.98 Å². The van der Waals surface area contributed by atoms with Gasteiger partial charge in [0.15, 0.2) is 0 Å². The number of hydrogen-bond donors (Lipinski definition) is 0. The van der Waals surface area contributed by atoms with E-state index in [1.165, 1.54) is 31.4 Å². The van der Waals surface area contributed by atoms with Crippen LogP contribution in [0.5, 0.6) is 17.2 Å². The minimum atomic E-state index is -0.475. The molecule has 0 radical (unpaired) electrons. The number of nitrogens with zero attached hydrogens (tertiary/aromatic N) is 3. The quantitative estimate of drug-likeness (QED) is 0.535. The Balaban J connectivity index is 2.03. The predicted octanol–water partition coefficient (Wildman–Crippen LogP) is 3.82. The van der Waals surface area contributed by atoms with Crippen molar-refractivity contribution in [3.05, 3.63) is 64.3 Å². The summed E-state index contributed by atoms with van der Waals surface area (Å²) in [6.07, 6.45) is 1.58. The molecule has 7 nitrogen and oxygen atoms in total. The zero-order chi connectivity index (χ0) is 17.1.